The first-order chi connectivity index (χ1) is 9.93. The third-order valence-corrected chi connectivity index (χ3v) is 3.06. The van der Waals surface area contributed by atoms with Crippen molar-refractivity contribution >= 4 is 5.97 Å². The van der Waals surface area contributed by atoms with Crippen LogP contribution in [-0.2, 0) is 4.74 Å². The second-order valence-corrected chi connectivity index (χ2v) is 4.87. The molecule has 0 spiro atoms. The summed E-state index contributed by atoms with van der Waals surface area (Å²) in [7, 11) is 1.22. The number of carbonyl (C=O) groups excluding carboxylic acids is 1. The number of benzene rings is 1. The van der Waals surface area contributed by atoms with Gasteiger partial charge in [-0.25, -0.2) is 14.2 Å². The molecule has 110 valence electrons. The Morgan fingerprint density at radius 1 is 1.33 bits per heavy atom. The Hall–Kier alpha value is -2.50. The van der Waals surface area contributed by atoms with Gasteiger partial charge in [-0.1, -0.05) is 13.8 Å². The first-order valence-corrected chi connectivity index (χ1v) is 6.41. The van der Waals surface area contributed by atoms with E-state index in [4.69, 9.17) is 0 Å². The monoisotopic (exact) mass is 290 g/mol. The van der Waals surface area contributed by atoms with E-state index in [2.05, 4.69) is 14.7 Å². The lowest BCUT2D eigenvalue weighted by molar-refractivity contribution is 0.0600. The minimum Gasteiger partial charge on any atom is -0.465 e. The number of halogens is 1. The van der Waals surface area contributed by atoms with Crippen LogP contribution in [0.1, 0.15) is 35.7 Å². The molecule has 0 fully saturated rings. The molecule has 1 N–H and O–H groups in total. The number of aromatic amines is 1. The third-order valence-electron chi connectivity index (χ3n) is 3.06. The van der Waals surface area contributed by atoms with Gasteiger partial charge in [0.05, 0.1) is 24.7 Å². The Kier molecular flexibility index (Phi) is 4.16. The fourth-order valence-electron chi connectivity index (χ4n) is 2.14. The molecule has 21 heavy (non-hydrogen) atoms. The number of hydrogen-bond acceptors (Lipinski definition) is 4. The molecule has 6 heteroatoms. The van der Waals surface area contributed by atoms with Gasteiger partial charge in [0, 0.05) is 11.1 Å². The molecular weight excluding hydrogens is 275 g/mol. The number of nitrogens with one attached hydrogen (secondary N) is 1. The molecule has 0 saturated carbocycles. The van der Waals surface area contributed by atoms with Crippen molar-refractivity contribution in [1.82, 2.24) is 9.97 Å². The first-order valence-electron chi connectivity index (χ1n) is 6.41. The molecule has 2 rings (SSSR count). The SMILES string of the molecule is COC(=O)c1cc(F)cc(-c2nc[nH]c(=O)c2C(C)C)c1. The van der Waals surface area contributed by atoms with Crippen molar-refractivity contribution in [1.29, 1.82) is 0 Å². The van der Waals surface area contributed by atoms with Crippen molar-refractivity contribution in [3.05, 3.63) is 51.8 Å². The Morgan fingerprint density at radius 3 is 2.67 bits per heavy atom. The average molecular weight is 290 g/mol. The zero-order valence-electron chi connectivity index (χ0n) is 11.9. The molecule has 0 atom stereocenters. The second-order valence-electron chi connectivity index (χ2n) is 4.87. The number of carbonyl (C=O) groups is 1. The molecule has 2 aromatic rings. The van der Waals surface area contributed by atoms with Crippen molar-refractivity contribution in [2.75, 3.05) is 7.11 Å². The molecule has 1 heterocycles. The minimum atomic E-state index is -0.647. The molecule has 0 aliphatic carbocycles. The molecule has 0 bridgehead atoms. The van der Waals surface area contributed by atoms with Crippen molar-refractivity contribution in [2.45, 2.75) is 19.8 Å². The van der Waals surface area contributed by atoms with Gasteiger partial charge in [0.25, 0.3) is 5.56 Å². The largest absolute Gasteiger partial charge is 0.465 e. The predicted molar refractivity (Wildman–Crippen MR) is 75.7 cm³/mol. The standard InChI is InChI=1S/C15H15FN2O3/c1-8(2)12-13(17-7-18-14(12)19)9-4-10(15(20)21-3)6-11(16)5-9/h4-8H,1-3H3,(H,17,18,19). The summed E-state index contributed by atoms with van der Waals surface area (Å²) >= 11 is 0. The first kappa shape index (κ1) is 14.9. The molecule has 0 amide bonds. The van der Waals surface area contributed by atoms with Crippen LogP contribution < -0.4 is 5.56 Å². The van der Waals surface area contributed by atoms with Gasteiger partial charge in [-0.2, -0.15) is 0 Å². The Bertz CT molecular complexity index is 738. The fourth-order valence-corrected chi connectivity index (χ4v) is 2.14. The predicted octanol–water partition coefficient (Wildman–Crippen LogP) is 2.49. The summed E-state index contributed by atoms with van der Waals surface area (Å²) in [6.07, 6.45) is 1.26. The molecule has 0 unspecified atom stereocenters. The summed E-state index contributed by atoms with van der Waals surface area (Å²) in [6.45, 7) is 3.69. The van der Waals surface area contributed by atoms with E-state index < -0.39 is 11.8 Å². The number of nitrogens with zero attached hydrogens (tertiary/aromatic N) is 1. The van der Waals surface area contributed by atoms with E-state index in [0.29, 0.717) is 16.8 Å². The maximum absolute atomic E-state index is 13.7. The zero-order chi connectivity index (χ0) is 15.6. The molecular formula is C15H15FN2O3. The van der Waals surface area contributed by atoms with E-state index in [1.807, 2.05) is 13.8 Å². The summed E-state index contributed by atoms with van der Waals surface area (Å²) < 4.78 is 18.3. The van der Waals surface area contributed by atoms with E-state index in [1.165, 1.54) is 25.6 Å². The van der Waals surface area contributed by atoms with Gasteiger partial charge in [-0.05, 0) is 24.1 Å². The highest BCUT2D eigenvalue weighted by molar-refractivity contribution is 5.91. The fraction of sp³-hybridized carbons (Fsp3) is 0.267. The van der Waals surface area contributed by atoms with Crippen LogP contribution in [0.15, 0.2) is 29.3 Å². The highest BCUT2D eigenvalue weighted by Gasteiger charge is 2.17. The van der Waals surface area contributed by atoms with E-state index in [9.17, 15) is 14.0 Å². The van der Waals surface area contributed by atoms with E-state index in [1.54, 1.807) is 0 Å². The van der Waals surface area contributed by atoms with Gasteiger partial charge in [-0.3, -0.25) is 4.79 Å². The summed E-state index contributed by atoms with van der Waals surface area (Å²) in [4.78, 5) is 30.1. The van der Waals surface area contributed by atoms with Crippen LogP contribution in [-0.4, -0.2) is 23.0 Å². The lowest BCUT2D eigenvalue weighted by atomic mass is 9.97. The normalized spacial score (nSPS) is 10.7. The van der Waals surface area contributed by atoms with E-state index in [0.717, 1.165) is 6.07 Å². The minimum absolute atomic E-state index is 0.0734. The van der Waals surface area contributed by atoms with Gasteiger partial charge in [0.2, 0.25) is 0 Å². The lowest BCUT2D eigenvalue weighted by Gasteiger charge is -2.11. The number of rotatable bonds is 3. The molecule has 0 radical (unpaired) electrons. The van der Waals surface area contributed by atoms with Crippen molar-refractivity contribution < 1.29 is 13.9 Å². The molecule has 1 aromatic carbocycles. The van der Waals surface area contributed by atoms with Crippen LogP contribution in [0.25, 0.3) is 11.3 Å². The second kappa shape index (κ2) is 5.87. The van der Waals surface area contributed by atoms with Crippen LogP contribution in [0.2, 0.25) is 0 Å². The number of esters is 1. The van der Waals surface area contributed by atoms with Crippen LogP contribution in [0, 0.1) is 5.82 Å². The number of aromatic nitrogens is 2. The number of hydrogen-bond donors (Lipinski definition) is 1. The highest BCUT2D eigenvalue weighted by Crippen LogP contribution is 2.26. The third kappa shape index (κ3) is 2.99. The van der Waals surface area contributed by atoms with Gasteiger partial charge in [0.15, 0.2) is 0 Å². The molecule has 1 aromatic heterocycles. The highest BCUT2D eigenvalue weighted by atomic mass is 19.1. The summed E-state index contributed by atoms with van der Waals surface area (Å²) in [5.41, 5.74) is 0.964. The summed E-state index contributed by atoms with van der Waals surface area (Å²) in [5.74, 6) is -1.33. The molecule has 5 nitrogen and oxygen atoms in total. The number of ether oxygens (including phenoxy) is 1. The maximum atomic E-state index is 13.7. The summed E-state index contributed by atoms with van der Waals surface area (Å²) in [6, 6.07) is 3.78. The Balaban J connectivity index is 2.68. The van der Waals surface area contributed by atoms with Crippen LogP contribution in [0.4, 0.5) is 4.39 Å². The smallest absolute Gasteiger partial charge is 0.337 e. The van der Waals surface area contributed by atoms with Crippen molar-refractivity contribution in [3.8, 4) is 11.3 Å². The van der Waals surface area contributed by atoms with Gasteiger partial charge >= 0.3 is 5.97 Å². The van der Waals surface area contributed by atoms with Crippen molar-refractivity contribution in [2.24, 2.45) is 0 Å². The number of H-pyrrole nitrogens is 1. The van der Waals surface area contributed by atoms with Crippen molar-refractivity contribution in [3.63, 3.8) is 0 Å². The lowest BCUT2D eigenvalue weighted by Crippen LogP contribution is -2.16. The van der Waals surface area contributed by atoms with Crippen LogP contribution >= 0.6 is 0 Å². The van der Waals surface area contributed by atoms with Gasteiger partial charge < -0.3 is 9.72 Å². The van der Waals surface area contributed by atoms with Gasteiger partial charge in [-0.15, -0.1) is 0 Å². The van der Waals surface area contributed by atoms with E-state index >= 15 is 0 Å². The van der Waals surface area contributed by atoms with Gasteiger partial charge in [0.1, 0.15) is 5.82 Å². The Labute approximate surface area is 120 Å². The Morgan fingerprint density at radius 2 is 2.05 bits per heavy atom. The van der Waals surface area contributed by atoms with E-state index in [-0.39, 0.29) is 17.0 Å². The topological polar surface area (TPSA) is 72.0 Å². The quantitative estimate of drug-likeness (QED) is 0.881. The molecule has 0 saturated heterocycles. The van der Waals surface area contributed by atoms with Crippen LogP contribution in [0.5, 0.6) is 0 Å². The molecule has 0 aliphatic rings. The molecule has 0 aliphatic heterocycles. The number of methoxy groups -OCH3 is 1. The zero-order valence-corrected chi connectivity index (χ0v) is 11.9. The summed E-state index contributed by atoms with van der Waals surface area (Å²) in [5, 5.41) is 0. The van der Waals surface area contributed by atoms with Crippen LogP contribution in [0.3, 0.4) is 0 Å². The maximum Gasteiger partial charge on any atom is 0.337 e. The average Bonchev–Trinajstić information content (AvgIpc) is 2.45.